The smallest absolute Gasteiger partial charge is 0.101 e. The molecule has 0 radical (unpaired) electrons. The third-order valence-corrected chi connectivity index (χ3v) is 8.17. The minimum atomic E-state index is -0.111. The molecule has 0 amide bonds. The highest BCUT2D eigenvalue weighted by Gasteiger charge is 2.35. The number of benzene rings is 1. The van der Waals surface area contributed by atoms with E-state index in [4.69, 9.17) is 16.8 Å². The molecule has 9 nitrogen and oxygen atoms in total. The maximum absolute atomic E-state index is 9.57. The molecule has 3 aromatic rings. The lowest BCUT2D eigenvalue weighted by atomic mass is 9.93. The van der Waals surface area contributed by atoms with E-state index in [0.717, 1.165) is 81.4 Å². The molecular weight excluding hydrogens is 488 g/mol. The number of fused-ring (bicyclic) bond motifs is 1. The number of anilines is 3. The van der Waals surface area contributed by atoms with Crippen molar-refractivity contribution < 1.29 is 6.11 Å². The molecule has 0 unspecified atom stereocenters. The molecule has 6 rings (SSSR count). The maximum Gasteiger partial charge on any atom is 0.101 e. The van der Waals surface area contributed by atoms with Gasteiger partial charge in [0.15, 0.2) is 0 Å². The first-order valence-electron chi connectivity index (χ1n) is 14.4. The number of hydrogen-bond acceptors (Lipinski definition) is 9. The van der Waals surface area contributed by atoms with Crippen LogP contribution in [0, 0.1) is 18.3 Å². The number of nitrogens with zero attached hydrogens (tertiary/aromatic N) is 7. The van der Waals surface area contributed by atoms with Gasteiger partial charge in [-0.05, 0) is 51.1 Å². The van der Waals surface area contributed by atoms with Crippen molar-refractivity contribution >= 4 is 28.0 Å². The van der Waals surface area contributed by atoms with Gasteiger partial charge in [0.1, 0.15) is 6.07 Å². The van der Waals surface area contributed by atoms with E-state index in [2.05, 4.69) is 57.5 Å². The number of aryl methyl sites for hydroxylation is 1. The Balaban J connectivity index is 1.11. The number of aromatic nitrogens is 2. The summed E-state index contributed by atoms with van der Waals surface area (Å²) < 4.78 is 14.3. The number of hydrogen-bond donors (Lipinski definition) is 1. The molecule has 204 valence electrons. The Morgan fingerprint density at radius 1 is 1.10 bits per heavy atom. The summed E-state index contributed by atoms with van der Waals surface area (Å²) in [5.74, 6) is 0. The van der Waals surface area contributed by atoms with Gasteiger partial charge < -0.3 is 25.2 Å². The standard InChI is InChI=1S/C30H38N8O/c1-21-16-37(27-7-6-23(14-31)29-26(27)5-4-8-33-29)18-25(39-21)17-35-9-11-36(12-10-35)28-13-24(15-34-22(28)2)38-19-30(3,32)20-38/h4-8,13,15,21,25H,9-12,16-20,32H2,1-3H3/t21-,25+/m1/s1/i8D. The molecule has 0 aliphatic carbocycles. The van der Waals surface area contributed by atoms with Crippen LogP contribution in [0.1, 0.15) is 26.5 Å². The van der Waals surface area contributed by atoms with E-state index in [1.54, 1.807) is 6.07 Å². The van der Waals surface area contributed by atoms with Crippen LogP contribution in [0.15, 0.2) is 42.7 Å². The van der Waals surface area contributed by atoms with Crippen molar-refractivity contribution in [1.29, 1.82) is 5.26 Å². The van der Waals surface area contributed by atoms with E-state index < -0.39 is 0 Å². The van der Waals surface area contributed by atoms with Gasteiger partial charge in [-0.15, -0.1) is 0 Å². The van der Waals surface area contributed by atoms with Crippen molar-refractivity contribution in [3.05, 3.63) is 54.0 Å². The van der Waals surface area contributed by atoms with Crippen molar-refractivity contribution in [2.75, 3.05) is 73.6 Å². The van der Waals surface area contributed by atoms with Crippen molar-refractivity contribution in [2.45, 2.75) is 38.5 Å². The monoisotopic (exact) mass is 527 g/mol. The zero-order valence-corrected chi connectivity index (χ0v) is 23.1. The highest BCUT2D eigenvalue weighted by Crippen LogP contribution is 2.32. The Hall–Kier alpha value is -3.45. The van der Waals surface area contributed by atoms with E-state index in [0.29, 0.717) is 11.1 Å². The number of rotatable bonds is 5. The second-order valence-corrected chi connectivity index (χ2v) is 11.7. The summed E-state index contributed by atoms with van der Waals surface area (Å²) >= 11 is 0. The fourth-order valence-electron chi connectivity index (χ4n) is 6.28. The van der Waals surface area contributed by atoms with Crippen LogP contribution in [0.4, 0.5) is 17.1 Å². The lowest BCUT2D eigenvalue weighted by Crippen LogP contribution is -2.65. The summed E-state index contributed by atoms with van der Waals surface area (Å²) in [7, 11) is 0. The summed E-state index contributed by atoms with van der Waals surface area (Å²) in [4.78, 5) is 18.7. The number of ether oxygens (including phenoxy) is 1. The summed E-state index contributed by atoms with van der Waals surface area (Å²) in [5.41, 5.74) is 11.7. The minimum absolute atomic E-state index is 0.0770. The van der Waals surface area contributed by atoms with Gasteiger partial charge in [-0.1, -0.05) is 0 Å². The third kappa shape index (κ3) is 5.24. The van der Waals surface area contributed by atoms with E-state index in [1.807, 2.05) is 24.4 Å². The second kappa shape index (κ2) is 10.3. The Labute approximate surface area is 232 Å². The molecule has 3 aliphatic rings. The number of piperazine rings is 1. The summed E-state index contributed by atoms with van der Waals surface area (Å²) in [6, 6.07) is 11.9. The van der Waals surface area contributed by atoms with Crippen molar-refractivity contribution in [3.8, 4) is 6.07 Å². The number of morpholine rings is 1. The SMILES string of the molecule is [2H]c1ccc2c(N3C[C@H](CN4CCN(c5cc(N6CC(C)(N)C6)cnc5C)CC4)O[C@H](C)C3)ccc(C#N)c2n1. The van der Waals surface area contributed by atoms with Gasteiger partial charge in [0.05, 0.1) is 47.9 Å². The van der Waals surface area contributed by atoms with Crippen LogP contribution in [0.3, 0.4) is 0 Å². The average Bonchev–Trinajstić information content (AvgIpc) is 2.91. The van der Waals surface area contributed by atoms with E-state index in [-0.39, 0.29) is 23.9 Å². The van der Waals surface area contributed by atoms with Gasteiger partial charge in [0, 0.05) is 81.7 Å². The molecule has 39 heavy (non-hydrogen) atoms. The normalized spacial score (nSPS) is 23.9. The van der Waals surface area contributed by atoms with Crippen molar-refractivity contribution in [1.82, 2.24) is 14.9 Å². The molecule has 0 spiro atoms. The second-order valence-electron chi connectivity index (χ2n) is 11.7. The van der Waals surface area contributed by atoms with Gasteiger partial charge >= 0.3 is 0 Å². The lowest BCUT2D eigenvalue weighted by Gasteiger charge is -2.47. The number of nitriles is 1. The van der Waals surface area contributed by atoms with Crippen LogP contribution in [0.2, 0.25) is 0 Å². The molecule has 0 bridgehead atoms. The lowest BCUT2D eigenvalue weighted by molar-refractivity contribution is -0.0327. The first kappa shape index (κ1) is 24.6. The molecule has 0 saturated carbocycles. The molecule has 2 atom stereocenters. The quantitative estimate of drug-likeness (QED) is 0.537. The predicted molar refractivity (Wildman–Crippen MR) is 155 cm³/mol. The molecule has 3 saturated heterocycles. The van der Waals surface area contributed by atoms with Gasteiger partial charge in [-0.3, -0.25) is 14.9 Å². The van der Waals surface area contributed by atoms with Crippen LogP contribution in [-0.4, -0.2) is 91.5 Å². The Morgan fingerprint density at radius 2 is 1.90 bits per heavy atom. The van der Waals surface area contributed by atoms with Gasteiger partial charge in [0.25, 0.3) is 0 Å². The Kier molecular flexibility index (Phi) is 6.47. The summed E-state index contributed by atoms with van der Waals surface area (Å²) in [6.45, 7) is 14.3. The fraction of sp³-hybridized carbons (Fsp3) is 0.500. The zero-order chi connectivity index (χ0) is 28.0. The molecule has 2 N–H and O–H groups in total. The number of pyridine rings is 2. The molecule has 3 fully saturated rings. The predicted octanol–water partition coefficient (Wildman–Crippen LogP) is 2.76. The molecule has 1 aromatic carbocycles. The van der Waals surface area contributed by atoms with E-state index in [9.17, 15) is 5.26 Å². The zero-order valence-electron chi connectivity index (χ0n) is 24.1. The topological polar surface area (TPSA) is 97.8 Å². The molecule has 9 heteroatoms. The Morgan fingerprint density at radius 3 is 2.64 bits per heavy atom. The molecule has 5 heterocycles. The highest BCUT2D eigenvalue weighted by atomic mass is 16.5. The van der Waals surface area contributed by atoms with E-state index >= 15 is 0 Å². The third-order valence-electron chi connectivity index (χ3n) is 8.17. The van der Waals surface area contributed by atoms with Crippen LogP contribution in [-0.2, 0) is 4.74 Å². The van der Waals surface area contributed by atoms with Crippen LogP contribution in [0.5, 0.6) is 0 Å². The minimum Gasteiger partial charge on any atom is -0.370 e. The average molecular weight is 528 g/mol. The van der Waals surface area contributed by atoms with Crippen molar-refractivity contribution in [3.63, 3.8) is 0 Å². The largest absolute Gasteiger partial charge is 0.370 e. The van der Waals surface area contributed by atoms with Crippen molar-refractivity contribution in [2.24, 2.45) is 5.73 Å². The maximum atomic E-state index is 9.57. The first-order chi connectivity index (χ1) is 19.2. The summed E-state index contributed by atoms with van der Waals surface area (Å²) in [5, 5.41) is 10.5. The van der Waals surface area contributed by atoms with Crippen LogP contribution < -0.4 is 20.4 Å². The van der Waals surface area contributed by atoms with Gasteiger partial charge in [-0.2, -0.15) is 5.26 Å². The highest BCUT2D eigenvalue weighted by molar-refractivity contribution is 5.95. The van der Waals surface area contributed by atoms with Gasteiger partial charge in [0.2, 0.25) is 0 Å². The Bertz CT molecular complexity index is 1440. The molecule has 2 aromatic heterocycles. The first-order valence-corrected chi connectivity index (χ1v) is 13.9. The van der Waals surface area contributed by atoms with E-state index in [1.165, 1.54) is 5.69 Å². The number of nitrogens with two attached hydrogens (primary N) is 1. The van der Waals surface area contributed by atoms with Crippen LogP contribution >= 0.6 is 0 Å². The summed E-state index contributed by atoms with van der Waals surface area (Å²) in [6.07, 6.45) is 2.30. The fourth-order valence-corrected chi connectivity index (χ4v) is 6.28. The van der Waals surface area contributed by atoms with Gasteiger partial charge in [-0.25, -0.2) is 0 Å². The molecule has 3 aliphatic heterocycles. The van der Waals surface area contributed by atoms with Crippen LogP contribution in [0.25, 0.3) is 10.9 Å². The molecular formula is C30H38N8O.